The lowest BCUT2D eigenvalue weighted by Gasteiger charge is -2.33. The van der Waals surface area contributed by atoms with Gasteiger partial charge in [-0.05, 0) is 29.5 Å². The fourth-order valence-electron chi connectivity index (χ4n) is 4.47. The lowest BCUT2D eigenvalue weighted by atomic mass is 9.77. The predicted octanol–water partition coefficient (Wildman–Crippen LogP) is 3.02. The average molecular weight is 449 g/mol. The average Bonchev–Trinajstić information content (AvgIpc) is 3.13. The maximum atomic E-state index is 13.2. The van der Waals surface area contributed by atoms with Crippen LogP contribution in [-0.2, 0) is 9.59 Å². The molecule has 5 nitrogen and oxygen atoms in total. The lowest BCUT2D eigenvalue weighted by Crippen LogP contribution is -2.59. The molecule has 1 saturated heterocycles. The molecule has 6 heteroatoms. The number of hydrogen-bond donors (Lipinski definition) is 1. The Balaban J connectivity index is 1.66. The zero-order valence-electron chi connectivity index (χ0n) is 19.1. The van der Waals surface area contributed by atoms with Crippen LogP contribution in [0.4, 0.5) is 0 Å². The van der Waals surface area contributed by atoms with Crippen LogP contribution in [0.3, 0.4) is 0 Å². The first-order valence-electron chi connectivity index (χ1n) is 11.1. The topological polar surface area (TPSA) is 52.4 Å². The number of nitrogens with one attached hydrogen (secondary N) is 1. The molecule has 2 aliphatic rings. The summed E-state index contributed by atoms with van der Waals surface area (Å²) >= 11 is 0. The normalized spacial score (nSPS) is 24.2. The van der Waals surface area contributed by atoms with Crippen LogP contribution in [-0.4, -0.2) is 46.4 Å². The van der Waals surface area contributed by atoms with E-state index in [2.05, 4.69) is 49.5 Å². The molecule has 2 aliphatic heterocycles. The molecule has 32 heavy (non-hydrogen) atoms. The number of carbonyl (C=O) groups is 2. The van der Waals surface area contributed by atoms with Crippen molar-refractivity contribution >= 4 is 36.2 Å². The second-order valence-corrected chi connectivity index (χ2v) is 10.9. The molecular weight excluding hydrogens is 417 g/mol. The number of ketones is 1. The van der Waals surface area contributed by atoms with Crippen LogP contribution in [0.15, 0.2) is 72.4 Å². The van der Waals surface area contributed by atoms with Crippen molar-refractivity contribution in [1.29, 1.82) is 0 Å². The molecule has 0 aromatic heterocycles. The number of allylic oxidation sites excluding steroid dienone is 1. The quantitative estimate of drug-likeness (QED) is 0.402. The van der Waals surface area contributed by atoms with Gasteiger partial charge in [0.05, 0.1) is 6.42 Å². The predicted molar refractivity (Wildman–Crippen MR) is 131 cm³/mol. The lowest BCUT2D eigenvalue weighted by molar-refractivity contribution is -0.545. The van der Waals surface area contributed by atoms with Gasteiger partial charge in [-0.3, -0.25) is 4.79 Å². The molecule has 0 spiro atoms. The highest BCUT2D eigenvalue weighted by Crippen LogP contribution is 2.37. The molecule has 0 saturated carbocycles. The Kier molecular flexibility index (Phi) is 6.68. The second-order valence-electron chi connectivity index (χ2n) is 8.88. The smallest absolute Gasteiger partial charge is 0.315 e. The summed E-state index contributed by atoms with van der Waals surface area (Å²) in [5.41, 5.74) is 4.24. The van der Waals surface area contributed by atoms with Crippen LogP contribution >= 0.6 is 7.92 Å². The van der Waals surface area contributed by atoms with Gasteiger partial charge in [0, 0.05) is 20.7 Å². The van der Waals surface area contributed by atoms with Crippen LogP contribution < -0.4 is 16.0 Å². The van der Waals surface area contributed by atoms with Gasteiger partial charge in [-0.15, -0.1) is 0 Å². The maximum absolute atomic E-state index is 13.2. The van der Waals surface area contributed by atoms with E-state index in [1.165, 1.54) is 10.6 Å². The third-order valence-electron chi connectivity index (χ3n) is 6.37. The van der Waals surface area contributed by atoms with Gasteiger partial charge in [0.2, 0.25) is 0 Å². The van der Waals surface area contributed by atoms with Crippen molar-refractivity contribution in [1.82, 2.24) is 10.4 Å². The molecule has 0 radical (unpaired) electrons. The molecule has 0 bridgehead atoms. The summed E-state index contributed by atoms with van der Waals surface area (Å²) in [6.07, 6.45) is 2.31. The summed E-state index contributed by atoms with van der Waals surface area (Å²) in [6.45, 7) is 6.12. The van der Waals surface area contributed by atoms with Crippen LogP contribution in [0, 0.1) is 11.8 Å². The molecule has 4 rings (SSSR count). The zero-order chi connectivity index (χ0) is 22.8. The van der Waals surface area contributed by atoms with Gasteiger partial charge < -0.3 is 5.01 Å². The molecule has 1 fully saturated rings. The molecule has 3 atom stereocenters. The number of hydrogen-bond acceptors (Lipinski definition) is 4. The Morgan fingerprint density at radius 3 is 2.12 bits per heavy atom. The minimum atomic E-state index is -0.853. The molecule has 0 aliphatic carbocycles. The van der Waals surface area contributed by atoms with Crippen molar-refractivity contribution in [3.05, 3.63) is 72.4 Å². The number of benzene rings is 2. The largest absolute Gasteiger partial charge is 0.397 e. The van der Waals surface area contributed by atoms with Crippen LogP contribution in [0.2, 0.25) is 0 Å². The van der Waals surface area contributed by atoms with Crippen molar-refractivity contribution in [2.45, 2.75) is 39.3 Å². The number of hydrazine groups is 1. The van der Waals surface area contributed by atoms with E-state index in [0.717, 1.165) is 5.70 Å². The van der Waals surface area contributed by atoms with Crippen molar-refractivity contribution in [3.63, 3.8) is 0 Å². The third-order valence-corrected chi connectivity index (χ3v) is 8.55. The van der Waals surface area contributed by atoms with E-state index in [1.54, 1.807) is 0 Å². The molecule has 1 amide bonds. The number of β-lactam (4-membered cyclic amide) rings is 1. The third kappa shape index (κ3) is 4.46. The Bertz CT molecular complexity index is 1010. The van der Waals surface area contributed by atoms with Gasteiger partial charge in [0.1, 0.15) is 12.0 Å². The summed E-state index contributed by atoms with van der Waals surface area (Å²) < 4.78 is 1.85. The Hall–Kier alpha value is -2.62. The monoisotopic (exact) mass is 448 g/mol. The maximum Gasteiger partial charge on any atom is 0.397 e. The zero-order valence-corrected chi connectivity index (χ0v) is 20.0. The van der Waals surface area contributed by atoms with E-state index in [-0.39, 0.29) is 35.6 Å². The van der Waals surface area contributed by atoms with Gasteiger partial charge >= 0.3 is 5.91 Å². The number of nitrogens with zero attached hydrogens (tertiary/aromatic N) is 2. The Labute approximate surface area is 191 Å². The Morgan fingerprint density at radius 2 is 1.66 bits per heavy atom. The van der Waals surface area contributed by atoms with E-state index in [4.69, 9.17) is 0 Å². The number of Topliss-reactive ketones (excluding diaryl/α,β-unsaturated/α-hetero) is 1. The highest BCUT2D eigenvalue weighted by atomic mass is 31.1. The molecule has 2 aromatic rings. The highest BCUT2D eigenvalue weighted by Gasteiger charge is 2.57. The molecule has 2 aromatic carbocycles. The minimum Gasteiger partial charge on any atom is -0.315 e. The van der Waals surface area contributed by atoms with Crippen LogP contribution in [0.1, 0.15) is 27.2 Å². The van der Waals surface area contributed by atoms with Crippen molar-refractivity contribution in [3.8, 4) is 0 Å². The number of rotatable bonds is 7. The van der Waals surface area contributed by atoms with Gasteiger partial charge in [0.15, 0.2) is 17.8 Å². The molecule has 166 valence electrons. The molecule has 2 heterocycles. The Morgan fingerprint density at radius 1 is 1.09 bits per heavy atom. The van der Waals surface area contributed by atoms with Crippen molar-refractivity contribution < 1.29 is 14.2 Å². The minimum absolute atomic E-state index is 0.103. The molecule has 1 N–H and O–H groups in total. The van der Waals surface area contributed by atoms with Gasteiger partial charge in [-0.25, -0.2) is 10.2 Å². The standard InChI is InChI=1S/C26H31N3O2P/c1-18(2)25-23(16-24(30)22-15-19(3)28(4)27-22)29(26(25)31)17-32(20-11-7-5-8-12-20)21-13-9-6-10-14-21/h5-15,17-18,22-23,25,27H,16H2,1-4H3/q+1/t22?,23-,25-/m1/s1. The molecule has 1 unspecified atom stereocenters. The van der Waals surface area contributed by atoms with Crippen LogP contribution in [0.25, 0.3) is 0 Å². The fourth-order valence-corrected chi connectivity index (χ4v) is 6.56. The number of amides is 1. The van der Waals surface area contributed by atoms with Crippen LogP contribution in [0.5, 0.6) is 0 Å². The first-order valence-corrected chi connectivity index (χ1v) is 12.6. The highest BCUT2D eigenvalue weighted by molar-refractivity contribution is 7.85. The SMILES string of the molecule is CC1=CC(C(=O)C[C@@H]2[C@@H](C(C)C)C(=O)[N+]2=CP(c2ccccc2)c2ccccc2)NN1C. The summed E-state index contributed by atoms with van der Waals surface area (Å²) in [7, 11) is 1.06. The summed E-state index contributed by atoms with van der Waals surface area (Å²) in [4.78, 5) is 26.3. The summed E-state index contributed by atoms with van der Waals surface area (Å²) in [5, 5.41) is 4.26. The fraction of sp³-hybridized carbons (Fsp3) is 0.346. The van der Waals surface area contributed by atoms with Gasteiger partial charge in [-0.1, -0.05) is 74.5 Å². The first kappa shape index (κ1) is 22.6. The summed E-state index contributed by atoms with van der Waals surface area (Å²) in [6, 6.07) is 20.2. The summed E-state index contributed by atoms with van der Waals surface area (Å²) in [5.74, 6) is 2.41. The first-order chi connectivity index (χ1) is 15.4. The van der Waals surface area contributed by atoms with Gasteiger partial charge in [0.25, 0.3) is 0 Å². The van der Waals surface area contributed by atoms with E-state index >= 15 is 0 Å². The number of carbonyl (C=O) groups excluding carboxylic acids is 2. The van der Waals surface area contributed by atoms with Crippen molar-refractivity contribution in [2.24, 2.45) is 11.8 Å². The van der Waals surface area contributed by atoms with E-state index < -0.39 is 7.92 Å². The van der Waals surface area contributed by atoms with E-state index in [9.17, 15) is 9.59 Å². The van der Waals surface area contributed by atoms with Crippen molar-refractivity contribution in [2.75, 3.05) is 7.05 Å². The van der Waals surface area contributed by atoms with E-state index in [1.807, 2.05) is 66.0 Å². The van der Waals surface area contributed by atoms with E-state index in [0.29, 0.717) is 6.42 Å². The van der Waals surface area contributed by atoms with Gasteiger partial charge in [-0.2, -0.15) is 4.58 Å². The second kappa shape index (κ2) is 9.48. The molecular formula is C26H31N3O2P+.